The zero-order valence-corrected chi connectivity index (χ0v) is 16.8. The normalized spacial score (nSPS) is 15.6. The summed E-state index contributed by atoms with van der Waals surface area (Å²) in [4.78, 5) is 27.3. The van der Waals surface area contributed by atoms with Crippen LogP contribution in [0.5, 0.6) is 0 Å². The number of piperazine rings is 1. The van der Waals surface area contributed by atoms with Crippen LogP contribution in [0.25, 0.3) is 15.9 Å². The number of benzene rings is 1. The van der Waals surface area contributed by atoms with E-state index in [4.69, 9.17) is 5.11 Å². The highest BCUT2D eigenvalue weighted by Gasteiger charge is 2.19. The molecule has 29 heavy (non-hydrogen) atoms. The minimum absolute atomic E-state index is 0.0768. The molecular formula is C20H22N6O2S. The van der Waals surface area contributed by atoms with E-state index >= 15 is 0 Å². The van der Waals surface area contributed by atoms with Gasteiger partial charge in [-0.25, -0.2) is 9.97 Å². The van der Waals surface area contributed by atoms with Crippen molar-refractivity contribution in [2.24, 2.45) is 0 Å². The molecule has 0 spiro atoms. The fourth-order valence-electron chi connectivity index (χ4n) is 3.86. The molecule has 8 nitrogen and oxygen atoms in total. The Morgan fingerprint density at radius 2 is 2.03 bits per heavy atom. The van der Waals surface area contributed by atoms with E-state index in [2.05, 4.69) is 30.4 Å². The van der Waals surface area contributed by atoms with Crippen molar-refractivity contribution in [2.75, 3.05) is 37.7 Å². The van der Waals surface area contributed by atoms with E-state index in [0.29, 0.717) is 10.9 Å². The molecule has 0 radical (unpaired) electrons. The summed E-state index contributed by atoms with van der Waals surface area (Å²) in [5.41, 5.74) is 2.79. The number of anilines is 1. The van der Waals surface area contributed by atoms with Gasteiger partial charge in [0.1, 0.15) is 0 Å². The molecule has 9 heteroatoms. The Balaban J connectivity index is 1.27. The van der Waals surface area contributed by atoms with Crippen LogP contribution in [0, 0.1) is 0 Å². The van der Waals surface area contributed by atoms with Crippen molar-refractivity contribution in [3.8, 4) is 0 Å². The first-order valence-electron chi connectivity index (χ1n) is 9.70. The maximum atomic E-state index is 12.5. The molecule has 0 unspecified atom stereocenters. The summed E-state index contributed by atoms with van der Waals surface area (Å²) in [5.74, 6) is 0. The molecule has 0 aliphatic carbocycles. The van der Waals surface area contributed by atoms with Crippen LogP contribution in [-0.4, -0.2) is 61.7 Å². The van der Waals surface area contributed by atoms with Gasteiger partial charge in [-0.15, -0.1) is 11.3 Å². The third-order valence-electron chi connectivity index (χ3n) is 5.42. The lowest BCUT2D eigenvalue weighted by atomic mass is 10.2. The van der Waals surface area contributed by atoms with E-state index in [0.717, 1.165) is 49.1 Å². The van der Waals surface area contributed by atoms with Crippen LogP contribution < -0.4 is 10.5 Å². The van der Waals surface area contributed by atoms with E-state index in [1.54, 1.807) is 11.3 Å². The number of imidazole rings is 1. The van der Waals surface area contributed by atoms with E-state index in [9.17, 15) is 4.79 Å². The summed E-state index contributed by atoms with van der Waals surface area (Å²) >= 11 is 1.66. The van der Waals surface area contributed by atoms with Crippen molar-refractivity contribution in [3.05, 3.63) is 58.3 Å². The molecule has 0 saturated carbocycles. The molecule has 1 aliphatic rings. The van der Waals surface area contributed by atoms with Crippen LogP contribution in [0.3, 0.4) is 0 Å². The van der Waals surface area contributed by atoms with Gasteiger partial charge in [0.25, 0.3) is 5.56 Å². The topological polar surface area (TPSA) is 78.9 Å². The van der Waals surface area contributed by atoms with Gasteiger partial charge in [-0.1, -0.05) is 0 Å². The second-order valence-corrected chi connectivity index (χ2v) is 8.13. The van der Waals surface area contributed by atoms with Crippen molar-refractivity contribution in [3.63, 3.8) is 0 Å². The maximum Gasteiger partial charge on any atom is 0.261 e. The Hall–Kier alpha value is -2.75. The van der Waals surface area contributed by atoms with Crippen molar-refractivity contribution >= 4 is 32.9 Å². The number of hydrogen-bond acceptors (Lipinski definition) is 7. The Morgan fingerprint density at radius 3 is 2.83 bits per heavy atom. The van der Waals surface area contributed by atoms with Crippen LogP contribution in [0.2, 0.25) is 0 Å². The van der Waals surface area contributed by atoms with Gasteiger partial charge >= 0.3 is 0 Å². The molecule has 0 atom stereocenters. The molecule has 1 saturated heterocycles. The summed E-state index contributed by atoms with van der Waals surface area (Å²) < 4.78 is 3.52. The first-order valence-corrected chi connectivity index (χ1v) is 10.6. The zero-order chi connectivity index (χ0) is 19.8. The second kappa shape index (κ2) is 7.58. The largest absolute Gasteiger partial charge is 0.395 e. The first kappa shape index (κ1) is 18.3. The maximum absolute atomic E-state index is 12.5. The minimum Gasteiger partial charge on any atom is -0.395 e. The van der Waals surface area contributed by atoms with Crippen LogP contribution in [0.15, 0.2) is 47.1 Å². The number of thiazole rings is 1. The molecule has 1 N–H and O–H groups in total. The van der Waals surface area contributed by atoms with Crippen LogP contribution in [0.4, 0.5) is 5.69 Å². The average molecular weight is 411 g/mol. The molecule has 3 aromatic heterocycles. The number of hydrogen-bond donors (Lipinski definition) is 1. The first-order chi connectivity index (χ1) is 14.2. The summed E-state index contributed by atoms with van der Waals surface area (Å²) in [6, 6.07) is 5.82. The number of nitrogens with zero attached hydrogens (tertiary/aromatic N) is 6. The Labute approximate surface area is 171 Å². The number of aliphatic hydroxyl groups is 1. The van der Waals surface area contributed by atoms with Gasteiger partial charge in [0.2, 0.25) is 0 Å². The van der Waals surface area contributed by atoms with Crippen molar-refractivity contribution in [1.29, 1.82) is 0 Å². The lowest BCUT2D eigenvalue weighted by molar-refractivity contribution is 0.247. The van der Waals surface area contributed by atoms with E-state index < -0.39 is 0 Å². The highest BCUT2D eigenvalue weighted by molar-refractivity contribution is 7.15. The third-order valence-corrected chi connectivity index (χ3v) is 6.19. The highest BCUT2D eigenvalue weighted by atomic mass is 32.1. The molecular weight excluding hydrogens is 388 g/mol. The molecule has 1 fully saturated rings. The molecule has 4 aromatic rings. The SMILES string of the molecule is O=c1c2ccc(N3CCN(Cc4cn5ccsc5n4)CC3)cc2ncn1CCO. The van der Waals surface area contributed by atoms with Gasteiger partial charge in [-0.3, -0.25) is 18.7 Å². The van der Waals surface area contributed by atoms with Crippen LogP contribution in [0.1, 0.15) is 5.69 Å². The smallest absolute Gasteiger partial charge is 0.261 e. The molecule has 1 aromatic carbocycles. The van der Waals surface area contributed by atoms with E-state index in [1.165, 1.54) is 10.9 Å². The quantitative estimate of drug-likeness (QED) is 0.536. The molecule has 5 rings (SSSR count). The molecule has 0 bridgehead atoms. The Morgan fingerprint density at radius 1 is 1.17 bits per heavy atom. The molecule has 0 amide bonds. The Kier molecular flexibility index (Phi) is 4.78. The second-order valence-electron chi connectivity index (χ2n) is 7.26. The monoisotopic (exact) mass is 410 g/mol. The van der Waals surface area contributed by atoms with Gasteiger partial charge in [-0.05, 0) is 18.2 Å². The van der Waals surface area contributed by atoms with E-state index in [-0.39, 0.29) is 18.7 Å². The zero-order valence-electron chi connectivity index (χ0n) is 15.9. The summed E-state index contributed by atoms with van der Waals surface area (Å²) in [6.45, 7) is 4.84. The fourth-order valence-corrected chi connectivity index (χ4v) is 4.57. The van der Waals surface area contributed by atoms with E-state index in [1.807, 2.05) is 29.8 Å². The molecule has 4 heterocycles. The van der Waals surface area contributed by atoms with Gasteiger partial charge in [0.15, 0.2) is 4.96 Å². The van der Waals surface area contributed by atoms with Gasteiger partial charge in [0.05, 0.1) is 36.1 Å². The average Bonchev–Trinajstić information content (AvgIpc) is 3.32. The summed E-state index contributed by atoms with van der Waals surface area (Å²) in [6.07, 6.45) is 5.66. The fraction of sp³-hybridized carbons (Fsp3) is 0.350. The van der Waals surface area contributed by atoms with Crippen LogP contribution >= 0.6 is 11.3 Å². The van der Waals surface area contributed by atoms with Gasteiger partial charge in [0, 0.05) is 56.2 Å². The number of fused-ring (bicyclic) bond motifs is 2. The van der Waals surface area contributed by atoms with Crippen LogP contribution in [-0.2, 0) is 13.1 Å². The summed E-state index contributed by atoms with van der Waals surface area (Å²) in [7, 11) is 0. The van der Waals surface area contributed by atoms with Crippen molar-refractivity contribution < 1.29 is 5.11 Å². The van der Waals surface area contributed by atoms with Crippen molar-refractivity contribution in [2.45, 2.75) is 13.1 Å². The predicted molar refractivity (Wildman–Crippen MR) is 114 cm³/mol. The number of aromatic nitrogens is 4. The Bertz CT molecular complexity index is 1180. The number of rotatable bonds is 5. The molecule has 150 valence electrons. The minimum atomic E-state index is -0.111. The standard InChI is InChI=1S/C20H22N6O2S/c27-9-7-26-14-21-18-11-16(1-2-17(18)19(26)28)24-5-3-23(4-6-24)12-15-13-25-8-10-29-20(25)22-15/h1-2,8,10-11,13-14,27H,3-7,9,12H2. The molecule has 1 aliphatic heterocycles. The lowest BCUT2D eigenvalue weighted by Gasteiger charge is -2.35. The third kappa shape index (κ3) is 3.52. The van der Waals surface area contributed by atoms with Gasteiger partial charge in [-0.2, -0.15) is 0 Å². The predicted octanol–water partition coefficient (Wildman–Crippen LogP) is 1.42. The number of aliphatic hydroxyl groups excluding tert-OH is 1. The lowest BCUT2D eigenvalue weighted by Crippen LogP contribution is -2.46. The summed E-state index contributed by atoms with van der Waals surface area (Å²) in [5, 5.41) is 11.7. The van der Waals surface area contributed by atoms with Gasteiger partial charge < -0.3 is 10.0 Å². The highest BCUT2D eigenvalue weighted by Crippen LogP contribution is 2.21. The van der Waals surface area contributed by atoms with Crippen molar-refractivity contribution in [1.82, 2.24) is 23.8 Å².